The lowest BCUT2D eigenvalue weighted by Crippen LogP contribution is -2.36. The van der Waals surface area contributed by atoms with Gasteiger partial charge in [-0.15, -0.1) is 11.3 Å². The van der Waals surface area contributed by atoms with Crippen molar-refractivity contribution in [3.05, 3.63) is 52.3 Å². The number of aromatic nitrogens is 2. The largest absolute Gasteiger partial charge is 0.322 e. The maximum Gasteiger partial charge on any atom is 0.257 e. The number of rotatable bonds is 3. The summed E-state index contributed by atoms with van der Waals surface area (Å²) in [6.07, 6.45) is 4.85. The first-order chi connectivity index (χ1) is 12.8. The zero-order valence-electron chi connectivity index (χ0n) is 14.9. The first-order valence-electron chi connectivity index (χ1n) is 8.41. The number of hydrogen-bond acceptors (Lipinski definition) is 6. The third-order valence-corrected chi connectivity index (χ3v) is 6.77. The van der Waals surface area contributed by atoms with Gasteiger partial charge in [0.15, 0.2) is 0 Å². The van der Waals surface area contributed by atoms with Crippen molar-refractivity contribution < 1.29 is 13.2 Å². The molecule has 2 aromatic heterocycles. The van der Waals surface area contributed by atoms with Gasteiger partial charge in [-0.05, 0) is 42.7 Å². The lowest BCUT2D eigenvalue weighted by molar-refractivity contribution is 0.102. The van der Waals surface area contributed by atoms with Crippen LogP contribution in [0.25, 0.3) is 10.2 Å². The topological polar surface area (TPSA) is 92.3 Å². The molecule has 3 heterocycles. The van der Waals surface area contributed by atoms with Crippen LogP contribution in [0.4, 0.5) is 5.69 Å². The molecule has 0 radical (unpaired) electrons. The lowest BCUT2D eigenvalue weighted by Gasteiger charge is -2.27. The molecule has 1 aliphatic heterocycles. The first-order valence-corrected chi connectivity index (χ1v) is 11.1. The molecular weight excluding hydrogens is 384 g/mol. The summed E-state index contributed by atoms with van der Waals surface area (Å²) in [5.74, 6) is -0.251. The normalized spacial score (nSPS) is 14.9. The second kappa shape index (κ2) is 6.66. The minimum atomic E-state index is -3.27. The van der Waals surface area contributed by atoms with E-state index in [4.69, 9.17) is 0 Å². The second-order valence-corrected chi connectivity index (χ2v) is 9.76. The van der Waals surface area contributed by atoms with Crippen molar-refractivity contribution in [3.8, 4) is 0 Å². The minimum absolute atomic E-state index is 0.242. The Labute approximate surface area is 161 Å². The number of nitrogens with one attached hydrogen (secondary N) is 1. The highest BCUT2D eigenvalue weighted by Crippen LogP contribution is 2.26. The fourth-order valence-corrected chi connectivity index (χ4v) is 4.87. The van der Waals surface area contributed by atoms with Crippen LogP contribution in [0, 0.1) is 6.92 Å². The Kier molecular flexibility index (Phi) is 4.45. The maximum absolute atomic E-state index is 12.8. The summed E-state index contributed by atoms with van der Waals surface area (Å²) >= 11 is 1.61. The number of anilines is 1. The van der Waals surface area contributed by atoms with E-state index in [1.807, 2.05) is 25.1 Å². The predicted molar refractivity (Wildman–Crippen MR) is 106 cm³/mol. The van der Waals surface area contributed by atoms with Crippen LogP contribution in [-0.2, 0) is 23.0 Å². The van der Waals surface area contributed by atoms with Crippen molar-refractivity contribution in [2.24, 2.45) is 0 Å². The number of carbonyl (C=O) groups is 1. The second-order valence-electron chi connectivity index (χ2n) is 6.54. The van der Waals surface area contributed by atoms with Crippen molar-refractivity contribution >= 4 is 43.2 Å². The van der Waals surface area contributed by atoms with Gasteiger partial charge in [0.2, 0.25) is 10.0 Å². The number of thiazole rings is 1. The van der Waals surface area contributed by atoms with Crippen LogP contribution in [0.15, 0.2) is 30.6 Å². The highest BCUT2D eigenvalue weighted by Gasteiger charge is 2.26. The van der Waals surface area contributed by atoms with E-state index >= 15 is 0 Å². The fraction of sp³-hybridized carbons (Fsp3) is 0.278. The Morgan fingerprint density at radius 1 is 1.30 bits per heavy atom. The molecule has 0 bridgehead atoms. The molecule has 7 nitrogen and oxygen atoms in total. The summed E-state index contributed by atoms with van der Waals surface area (Å²) < 4.78 is 26.0. The van der Waals surface area contributed by atoms with E-state index in [1.165, 1.54) is 16.8 Å². The molecule has 4 rings (SSSR count). The van der Waals surface area contributed by atoms with Crippen LogP contribution < -0.4 is 5.32 Å². The summed E-state index contributed by atoms with van der Waals surface area (Å²) in [6.45, 7) is 2.55. The van der Waals surface area contributed by atoms with Gasteiger partial charge < -0.3 is 5.32 Å². The maximum atomic E-state index is 12.8. The molecule has 9 heteroatoms. The number of sulfonamides is 1. The number of benzene rings is 1. The number of fused-ring (bicyclic) bond motifs is 2. The van der Waals surface area contributed by atoms with Crippen molar-refractivity contribution in [2.75, 3.05) is 18.1 Å². The fourth-order valence-electron chi connectivity index (χ4n) is 3.27. The number of aryl methyl sites for hydroxylation is 1. The Balaban J connectivity index is 1.61. The van der Waals surface area contributed by atoms with Crippen LogP contribution in [0.5, 0.6) is 0 Å². The molecule has 0 unspecified atom stereocenters. The van der Waals surface area contributed by atoms with Gasteiger partial charge in [0.25, 0.3) is 5.91 Å². The summed E-state index contributed by atoms with van der Waals surface area (Å²) in [6, 6.07) is 5.65. The number of carbonyl (C=O) groups excluding carboxylic acids is 1. The van der Waals surface area contributed by atoms with Crippen molar-refractivity contribution in [1.29, 1.82) is 0 Å². The van der Waals surface area contributed by atoms with Crippen molar-refractivity contribution in [1.82, 2.24) is 14.3 Å². The summed E-state index contributed by atoms with van der Waals surface area (Å²) in [5, 5.41) is 3.88. The molecule has 1 aromatic carbocycles. The third kappa shape index (κ3) is 3.58. The smallest absolute Gasteiger partial charge is 0.257 e. The molecule has 1 amide bonds. The Morgan fingerprint density at radius 3 is 2.89 bits per heavy atom. The molecule has 0 saturated carbocycles. The SMILES string of the molecule is Cc1nc2cc(NC(=O)c3cncc4c3CCN(S(C)(=O)=O)C4)ccc2s1. The van der Waals surface area contributed by atoms with Gasteiger partial charge in [0.1, 0.15) is 0 Å². The Hall–Kier alpha value is -2.36. The van der Waals surface area contributed by atoms with Gasteiger partial charge in [-0.1, -0.05) is 0 Å². The molecular formula is C18H18N4O3S2. The van der Waals surface area contributed by atoms with Crippen LogP contribution in [0.3, 0.4) is 0 Å². The molecule has 1 N–H and O–H groups in total. The van der Waals surface area contributed by atoms with Crippen LogP contribution in [0.1, 0.15) is 26.5 Å². The highest BCUT2D eigenvalue weighted by molar-refractivity contribution is 7.88. The zero-order valence-corrected chi connectivity index (χ0v) is 16.5. The molecule has 0 fully saturated rings. The molecule has 27 heavy (non-hydrogen) atoms. The van der Waals surface area contributed by atoms with Crippen molar-refractivity contribution in [2.45, 2.75) is 19.9 Å². The number of pyridine rings is 1. The van der Waals surface area contributed by atoms with Crippen LogP contribution in [-0.4, -0.2) is 41.4 Å². The van der Waals surface area contributed by atoms with Crippen LogP contribution in [0.2, 0.25) is 0 Å². The van der Waals surface area contributed by atoms with E-state index in [2.05, 4.69) is 15.3 Å². The van der Waals surface area contributed by atoms with Crippen LogP contribution >= 0.6 is 11.3 Å². The molecule has 0 saturated heterocycles. The van der Waals surface area contributed by atoms with E-state index in [0.717, 1.165) is 26.4 Å². The summed E-state index contributed by atoms with van der Waals surface area (Å²) in [5.41, 5.74) is 3.63. The Bertz CT molecular complexity index is 1150. The minimum Gasteiger partial charge on any atom is -0.322 e. The van der Waals surface area contributed by atoms with Gasteiger partial charge in [0.05, 0.1) is 27.0 Å². The molecule has 0 atom stereocenters. The zero-order chi connectivity index (χ0) is 19.2. The van der Waals surface area contributed by atoms with Gasteiger partial charge in [-0.25, -0.2) is 13.4 Å². The highest BCUT2D eigenvalue weighted by atomic mass is 32.2. The molecule has 140 valence electrons. The predicted octanol–water partition coefficient (Wildman–Crippen LogP) is 2.57. The average Bonchev–Trinajstić information content (AvgIpc) is 2.99. The lowest BCUT2D eigenvalue weighted by atomic mass is 9.98. The third-order valence-electron chi connectivity index (χ3n) is 4.57. The Morgan fingerprint density at radius 2 is 2.11 bits per heavy atom. The summed E-state index contributed by atoms with van der Waals surface area (Å²) in [7, 11) is -3.27. The van der Waals surface area contributed by atoms with E-state index in [9.17, 15) is 13.2 Å². The van der Waals surface area contributed by atoms with E-state index in [-0.39, 0.29) is 12.5 Å². The molecule has 1 aliphatic rings. The van der Waals surface area contributed by atoms with Gasteiger partial charge in [0, 0.05) is 31.2 Å². The van der Waals surface area contributed by atoms with Crippen molar-refractivity contribution in [3.63, 3.8) is 0 Å². The number of hydrogen-bond donors (Lipinski definition) is 1. The molecule has 0 spiro atoms. The standard InChI is InChI=1S/C18H18N4O3S2/c1-11-20-16-7-13(3-4-17(16)26-11)21-18(23)15-9-19-8-12-10-22(27(2,24)25)6-5-14(12)15/h3-4,7-9H,5-6,10H2,1-2H3,(H,21,23). The quantitative estimate of drug-likeness (QED) is 0.727. The van der Waals surface area contributed by atoms with E-state index in [0.29, 0.717) is 24.2 Å². The van der Waals surface area contributed by atoms with E-state index in [1.54, 1.807) is 17.5 Å². The molecule has 3 aromatic rings. The van der Waals surface area contributed by atoms with Gasteiger partial charge >= 0.3 is 0 Å². The average molecular weight is 403 g/mol. The first kappa shape index (κ1) is 18.0. The monoisotopic (exact) mass is 402 g/mol. The number of nitrogens with zero attached hydrogens (tertiary/aromatic N) is 3. The van der Waals surface area contributed by atoms with E-state index < -0.39 is 10.0 Å². The summed E-state index contributed by atoms with van der Waals surface area (Å²) in [4.78, 5) is 21.4. The van der Waals surface area contributed by atoms with Gasteiger partial charge in [-0.2, -0.15) is 4.31 Å². The van der Waals surface area contributed by atoms with Gasteiger partial charge in [-0.3, -0.25) is 9.78 Å². The molecule has 0 aliphatic carbocycles. The number of amides is 1.